The molecule has 0 bridgehead atoms. The molecular formula is C11H14FNO5. The standard InChI is InChI=1S/C11H14FNO5/c1-17-7-4-6(14)10(12)9(11(7)18-2)5(13)3-8(15)16/h4-5,14H,3,13H2,1-2H3,(H,15,16). The minimum atomic E-state index is -1.19. The van der Waals surface area contributed by atoms with E-state index >= 15 is 0 Å². The predicted octanol–water partition coefficient (Wildman–Crippen LogP) is 1.02. The van der Waals surface area contributed by atoms with Gasteiger partial charge in [-0.15, -0.1) is 0 Å². The molecule has 0 aliphatic heterocycles. The lowest BCUT2D eigenvalue weighted by Crippen LogP contribution is -2.18. The fraction of sp³-hybridized carbons (Fsp3) is 0.364. The number of phenolic OH excluding ortho intramolecular Hbond substituents is 1. The van der Waals surface area contributed by atoms with Crippen molar-refractivity contribution >= 4 is 5.97 Å². The first kappa shape index (κ1) is 14.0. The SMILES string of the molecule is COc1cc(O)c(F)c(C(N)CC(=O)O)c1OC. The number of aromatic hydroxyl groups is 1. The summed E-state index contributed by atoms with van der Waals surface area (Å²) in [6, 6.07) is -0.121. The molecule has 0 fully saturated rings. The molecule has 1 aromatic carbocycles. The maximum Gasteiger partial charge on any atom is 0.305 e. The van der Waals surface area contributed by atoms with Crippen LogP contribution in [0, 0.1) is 5.82 Å². The minimum absolute atomic E-state index is 0.0263. The molecule has 0 heterocycles. The van der Waals surface area contributed by atoms with Gasteiger partial charge in [-0.2, -0.15) is 0 Å². The van der Waals surface area contributed by atoms with E-state index in [4.69, 9.17) is 20.3 Å². The van der Waals surface area contributed by atoms with E-state index < -0.39 is 30.0 Å². The van der Waals surface area contributed by atoms with Crippen molar-refractivity contribution in [2.24, 2.45) is 5.73 Å². The number of carboxylic acids is 1. The van der Waals surface area contributed by atoms with Crippen molar-refractivity contribution in [2.45, 2.75) is 12.5 Å². The molecule has 6 nitrogen and oxygen atoms in total. The van der Waals surface area contributed by atoms with Crippen molar-refractivity contribution in [2.75, 3.05) is 14.2 Å². The van der Waals surface area contributed by atoms with E-state index in [2.05, 4.69) is 0 Å². The highest BCUT2D eigenvalue weighted by Gasteiger charge is 2.25. The molecule has 0 saturated heterocycles. The van der Waals surface area contributed by atoms with Crippen LogP contribution in [-0.4, -0.2) is 30.4 Å². The minimum Gasteiger partial charge on any atom is -0.505 e. The zero-order chi connectivity index (χ0) is 13.9. The molecule has 18 heavy (non-hydrogen) atoms. The Morgan fingerprint density at radius 2 is 2.11 bits per heavy atom. The van der Waals surface area contributed by atoms with E-state index in [1.54, 1.807) is 0 Å². The van der Waals surface area contributed by atoms with E-state index in [0.717, 1.165) is 6.07 Å². The number of benzene rings is 1. The highest BCUT2D eigenvalue weighted by atomic mass is 19.1. The number of ether oxygens (including phenoxy) is 2. The van der Waals surface area contributed by atoms with Crippen LogP contribution in [0.15, 0.2) is 6.07 Å². The van der Waals surface area contributed by atoms with Gasteiger partial charge >= 0.3 is 5.97 Å². The van der Waals surface area contributed by atoms with Crippen LogP contribution in [0.5, 0.6) is 17.2 Å². The van der Waals surface area contributed by atoms with E-state index in [0.29, 0.717) is 0 Å². The van der Waals surface area contributed by atoms with Crippen LogP contribution in [0.2, 0.25) is 0 Å². The molecule has 0 aliphatic carbocycles. The fourth-order valence-corrected chi connectivity index (χ4v) is 1.61. The van der Waals surface area contributed by atoms with Gasteiger partial charge in [-0.05, 0) is 0 Å². The molecule has 7 heteroatoms. The number of methoxy groups -OCH3 is 2. The molecule has 1 aromatic rings. The molecule has 0 spiro atoms. The van der Waals surface area contributed by atoms with Crippen LogP contribution < -0.4 is 15.2 Å². The van der Waals surface area contributed by atoms with Gasteiger partial charge in [-0.1, -0.05) is 0 Å². The number of phenols is 1. The fourth-order valence-electron chi connectivity index (χ4n) is 1.61. The Hall–Kier alpha value is -2.02. The Bertz CT molecular complexity index is 463. The summed E-state index contributed by atoms with van der Waals surface area (Å²) in [5, 5.41) is 18.1. The predicted molar refractivity (Wildman–Crippen MR) is 60.4 cm³/mol. The quantitative estimate of drug-likeness (QED) is 0.729. The van der Waals surface area contributed by atoms with Crippen LogP contribution >= 0.6 is 0 Å². The Labute approximate surface area is 103 Å². The van der Waals surface area contributed by atoms with Crippen molar-refractivity contribution in [3.8, 4) is 17.2 Å². The lowest BCUT2D eigenvalue weighted by atomic mass is 10.0. The van der Waals surface area contributed by atoms with Crippen molar-refractivity contribution in [3.63, 3.8) is 0 Å². The van der Waals surface area contributed by atoms with Crippen molar-refractivity contribution in [1.29, 1.82) is 0 Å². The van der Waals surface area contributed by atoms with Gasteiger partial charge < -0.3 is 25.4 Å². The second-order valence-corrected chi connectivity index (χ2v) is 3.56. The van der Waals surface area contributed by atoms with E-state index in [9.17, 15) is 14.3 Å². The monoisotopic (exact) mass is 259 g/mol. The molecule has 1 rings (SSSR count). The van der Waals surface area contributed by atoms with Crippen LogP contribution in [-0.2, 0) is 4.79 Å². The molecule has 0 aromatic heterocycles. The smallest absolute Gasteiger partial charge is 0.305 e. The maximum absolute atomic E-state index is 13.8. The number of carbonyl (C=O) groups is 1. The summed E-state index contributed by atoms with van der Waals surface area (Å²) >= 11 is 0. The maximum atomic E-state index is 13.8. The summed E-state index contributed by atoms with van der Waals surface area (Å²) in [6.07, 6.45) is -0.500. The summed E-state index contributed by atoms with van der Waals surface area (Å²) in [6.45, 7) is 0. The third-order valence-corrected chi connectivity index (χ3v) is 2.39. The third-order valence-electron chi connectivity index (χ3n) is 2.39. The first-order chi connectivity index (χ1) is 8.42. The number of rotatable bonds is 5. The number of aliphatic carboxylic acids is 1. The molecule has 0 radical (unpaired) electrons. The highest BCUT2D eigenvalue weighted by Crippen LogP contribution is 2.41. The average molecular weight is 259 g/mol. The second-order valence-electron chi connectivity index (χ2n) is 3.56. The second kappa shape index (κ2) is 5.54. The van der Waals surface area contributed by atoms with Gasteiger partial charge in [0.1, 0.15) is 0 Å². The van der Waals surface area contributed by atoms with Crippen molar-refractivity contribution in [3.05, 3.63) is 17.4 Å². The van der Waals surface area contributed by atoms with Crippen LogP contribution in [0.25, 0.3) is 0 Å². The number of carboxylic acid groups (broad SMARTS) is 1. The number of hydrogen-bond donors (Lipinski definition) is 3. The van der Waals surface area contributed by atoms with Gasteiger partial charge in [0, 0.05) is 12.1 Å². The highest BCUT2D eigenvalue weighted by molar-refractivity contribution is 5.68. The molecule has 0 amide bonds. The number of halogens is 1. The number of hydrogen-bond acceptors (Lipinski definition) is 5. The van der Waals surface area contributed by atoms with Gasteiger partial charge in [0.15, 0.2) is 23.1 Å². The van der Waals surface area contributed by atoms with Gasteiger partial charge in [0.2, 0.25) is 0 Å². The van der Waals surface area contributed by atoms with E-state index in [1.807, 2.05) is 0 Å². The summed E-state index contributed by atoms with van der Waals surface area (Å²) in [5.41, 5.74) is 5.37. The van der Waals surface area contributed by atoms with Gasteiger partial charge in [-0.3, -0.25) is 4.79 Å². The van der Waals surface area contributed by atoms with Crippen LogP contribution in [0.3, 0.4) is 0 Å². The molecule has 0 saturated carbocycles. The van der Waals surface area contributed by atoms with Crippen LogP contribution in [0.1, 0.15) is 18.0 Å². The lowest BCUT2D eigenvalue weighted by Gasteiger charge is -2.18. The van der Waals surface area contributed by atoms with Crippen molar-refractivity contribution < 1.29 is 28.9 Å². The number of nitrogens with two attached hydrogens (primary N) is 1. The first-order valence-corrected chi connectivity index (χ1v) is 5.03. The van der Waals surface area contributed by atoms with Crippen LogP contribution in [0.4, 0.5) is 4.39 Å². The molecule has 100 valence electrons. The summed E-state index contributed by atoms with van der Waals surface area (Å²) in [5.74, 6) is -2.83. The molecule has 1 unspecified atom stereocenters. The zero-order valence-electron chi connectivity index (χ0n) is 9.94. The average Bonchev–Trinajstić information content (AvgIpc) is 2.30. The zero-order valence-corrected chi connectivity index (χ0v) is 9.94. The molecular weight excluding hydrogens is 245 g/mol. The normalized spacial score (nSPS) is 12.0. The summed E-state index contributed by atoms with van der Waals surface area (Å²) in [7, 11) is 2.58. The largest absolute Gasteiger partial charge is 0.505 e. The molecule has 0 aliphatic rings. The van der Waals surface area contributed by atoms with Gasteiger partial charge in [-0.25, -0.2) is 4.39 Å². The molecule has 1 atom stereocenters. The summed E-state index contributed by atoms with van der Waals surface area (Å²) in [4.78, 5) is 10.6. The summed E-state index contributed by atoms with van der Waals surface area (Å²) < 4.78 is 23.7. The Kier molecular flexibility index (Phi) is 4.33. The Morgan fingerprint density at radius 1 is 1.50 bits per heavy atom. The third kappa shape index (κ3) is 2.62. The van der Waals surface area contributed by atoms with Gasteiger partial charge in [0.25, 0.3) is 0 Å². The first-order valence-electron chi connectivity index (χ1n) is 5.03. The van der Waals surface area contributed by atoms with E-state index in [1.165, 1.54) is 14.2 Å². The van der Waals surface area contributed by atoms with E-state index in [-0.39, 0.29) is 17.1 Å². The lowest BCUT2D eigenvalue weighted by molar-refractivity contribution is -0.137. The Morgan fingerprint density at radius 3 is 2.56 bits per heavy atom. The molecule has 4 N–H and O–H groups in total. The Balaban J connectivity index is 3.38. The van der Waals surface area contributed by atoms with Gasteiger partial charge in [0.05, 0.1) is 26.2 Å². The topological polar surface area (TPSA) is 102 Å². The van der Waals surface area contributed by atoms with Crippen molar-refractivity contribution in [1.82, 2.24) is 0 Å².